The summed E-state index contributed by atoms with van der Waals surface area (Å²) in [4.78, 5) is 0. The van der Waals surface area contributed by atoms with Gasteiger partial charge in [-0.05, 0) is 29.7 Å². The Kier molecular flexibility index (Phi) is 4.65. The van der Waals surface area contributed by atoms with Crippen LogP contribution in [0, 0.1) is 17.8 Å². The predicted molar refractivity (Wildman–Crippen MR) is 75.0 cm³/mol. The molecular formula is C17H26. The van der Waals surface area contributed by atoms with E-state index < -0.39 is 0 Å². The Morgan fingerprint density at radius 3 is 2.29 bits per heavy atom. The molecule has 1 aromatic rings. The first-order valence-electron chi connectivity index (χ1n) is 7.31. The first-order chi connectivity index (χ1) is 8.27. The highest BCUT2D eigenvalue weighted by Crippen LogP contribution is 2.34. The molecule has 1 fully saturated rings. The second-order valence-electron chi connectivity index (χ2n) is 5.92. The van der Waals surface area contributed by atoms with E-state index in [2.05, 4.69) is 44.2 Å². The molecule has 0 amide bonds. The van der Waals surface area contributed by atoms with E-state index in [9.17, 15) is 0 Å². The molecule has 1 saturated carbocycles. The summed E-state index contributed by atoms with van der Waals surface area (Å²) in [6.45, 7) is 4.91. The van der Waals surface area contributed by atoms with Crippen molar-refractivity contribution in [1.82, 2.24) is 0 Å². The van der Waals surface area contributed by atoms with Crippen molar-refractivity contribution >= 4 is 0 Å². The Hall–Kier alpha value is -0.780. The van der Waals surface area contributed by atoms with Crippen LogP contribution in [-0.4, -0.2) is 0 Å². The molecular weight excluding hydrogens is 204 g/mol. The zero-order valence-corrected chi connectivity index (χ0v) is 11.4. The van der Waals surface area contributed by atoms with Gasteiger partial charge in [0.25, 0.3) is 0 Å². The maximum absolute atomic E-state index is 2.48. The minimum atomic E-state index is 0.820. The van der Waals surface area contributed by atoms with Crippen LogP contribution < -0.4 is 0 Å². The Labute approximate surface area is 106 Å². The lowest BCUT2D eigenvalue weighted by molar-refractivity contribution is 0.203. The van der Waals surface area contributed by atoms with E-state index in [0.717, 1.165) is 17.8 Å². The fraction of sp³-hybridized carbons (Fsp3) is 0.647. The average molecular weight is 230 g/mol. The first kappa shape index (κ1) is 12.7. The molecule has 0 aromatic heterocycles. The van der Waals surface area contributed by atoms with Gasteiger partial charge in [-0.3, -0.25) is 0 Å². The molecule has 94 valence electrons. The molecule has 0 N–H and O–H groups in total. The predicted octanol–water partition coefficient (Wildman–Crippen LogP) is 5.08. The molecule has 2 atom stereocenters. The van der Waals surface area contributed by atoms with E-state index >= 15 is 0 Å². The second kappa shape index (κ2) is 6.23. The molecule has 0 radical (unpaired) electrons. The molecule has 0 aliphatic heterocycles. The van der Waals surface area contributed by atoms with Gasteiger partial charge in [-0.15, -0.1) is 0 Å². The summed E-state index contributed by atoms with van der Waals surface area (Å²) in [5, 5.41) is 0. The average Bonchev–Trinajstić information content (AvgIpc) is 2.40. The van der Waals surface area contributed by atoms with Crippen LogP contribution in [0.15, 0.2) is 30.3 Å². The largest absolute Gasteiger partial charge is 0.0622 e. The highest BCUT2D eigenvalue weighted by molar-refractivity contribution is 5.15. The lowest BCUT2D eigenvalue weighted by Crippen LogP contribution is -2.22. The Balaban J connectivity index is 1.88. The number of benzene rings is 1. The van der Waals surface area contributed by atoms with Crippen LogP contribution in [0.1, 0.15) is 51.5 Å². The van der Waals surface area contributed by atoms with E-state index in [1.54, 1.807) is 0 Å². The topological polar surface area (TPSA) is 0 Å². The van der Waals surface area contributed by atoms with Crippen molar-refractivity contribution in [3.8, 4) is 0 Å². The summed E-state index contributed by atoms with van der Waals surface area (Å²) in [5.74, 6) is 2.69. The van der Waals surface area contributed by atoms with Gasteiger partial charge in [0, 0.05) is 0 Å². The van der Waals surface area contributed by atoms with Crippen molar-refractivity contribution in [1.29, 1.82) is 0 Å². The van der Waals surface area contributed by atoms with Crippen molar-refractivity contribution in [2.45, 2.75) is 52.4 Å². The third-order valence-corrected chi connectivity index (χ3v) is 4.69. The molecule has 2 unspecified atom stereocenters. The SMILES string of the molecule is CC(Cc1ccccc1)C(C)C1CCCCC1. The van der Waals surface area contributed by atoms with E-state index in [-0.39, 0.29) is 0 Å². The van der Waals surface area contributed by atoms with Crippen LogP contribution in [0.2, 0.25) is 0 Å². The zero-order chi connectivity index (χ0) is 12.1. The van der Waals surface area contributed by atoms with Crippen molar-refractivity contribution in [2.24, 2.45) is 17.8 Å². The number of hydrogen-bond acceptors (Lipinski definition) is 0. The normalized spacial score (nSPS) is 21.1. The standard InChI is InChI=1S/C17H26/c1-14(13-16-9-5-3-6-10-16)15(2)17-11-7-4-8-12-17/h3,5-6,9-10,14-15,17H,4,7-8,11-13H2,1-2H3. The quantitative estimate of drug-likeness (QED) is 0.676. The lowest BCUT2D eigenvalue weighted by Gasteiger charge is -2.32. The van der Waals surface area contributed by atoms with Gasteiger partial charge in [-0.1, -0.05) is 76.3 Å². The van der Waals surface area contributed by atoms with Crippen molar-refractivity contribution in [3.05, 3.63) is 35.9 Å². The van der Waals surface area contributed by atoms with Crippen LogP contribution in [0.25, 0.3) is 0 Å². The lowest BCUT2D eigenvalue weighted by atomic mass is 9.74. The smallest absolute Gasteiger partial charge is 0.0250 e. The third kappa shape index (κ3) is 3.59. The Bertz CT molecular complexity index is 308. The van der Waals surface area contributed by atoms with Gasteiger partial charge in [-0.2, -0.15) is 0 Å². The summed E-state index contributed by atoms with van der Waals surface area (Å²) >= 11 is 0. The molecule has 17 heavy (non-hydrogen) atoms. The van der Waals surface area contributed by atoms with Crippen molar-refractivity contribution in [3.63, 3.8) is 0 Å². The highest BCUT2D eigenvalue weighted by Gasteiger charge is 2.24. The van der Waals surface area contributed by atoms with Gasteiger partial charge < -0.3 is 0 Å². The molecule has 0 bridgehead atoms. The second-order valence-corrected chi connectivity index (χ2v) is 5.92. The molecule has 0 heterocycles. The first-order valence-corrected chi connectivity index (χ1v) is 7.31. The van der Waals surface area contributed by atoms with Gasteiger partial charge in [0.15, 0.2) is 0 Å². The summed E-state index contributed by atoms with van der Waals surface area (Å²) in [6.07, 6.45) is 8.59. The Morgan fingerprint density at radius 2 is 1.65 bits per heavy atom. The summed E-state index contributed by atoms with van der Waals surface area (Å²) in [6, 6.07) is 11.0. The van der Waals surface area contributed by atoms with Crippen LogP contribution in [0.4, 0.5) is 0 Å². The van der Waals surface area contributed by atoms with Crippen molar-refractivity contribution < 1.29 is 0 Å². The fourth-order valence-corrected chi connectivity index (χ4v) is 3.30. The zero-order valence-electron chi connectivity index (χ0n) is 11.4. The number of hydrogen-bond donors (Lipinski definition) is 0. The monoisotopic (exact) mass is 230 g/mol. The molecule has 1 aromatic carbocycles. The van der Waals surface area contributed by atoms with Crippen LogP contribution in [0.3, 0.4) is 0 Å². The van der Waals surface area contributed by atoms with Gasteiger partial charge in [0.2, 0.25) is 0 Å². The van der Waals surface area contributed by atoms with E-state index in [1.165, 1.54) is 44.1 Å². The summed E-state index contributed by atoms with van der Waals surface area (Å²) in [7, 11) is 0. The minimum absolute atomic E-state index is 0.820. The van der Waals surface area contributed by atoms with E-state index in [1.807, 2.05) is 0 Å². The maximum Gasteiger partial charge on any atom is -0.0250 e. The minimum Gasteiger partial charge on any atom is -0.0622 e. The van der Waals surface area contributed by atoms with E-state index in [4.69, 9.17) is 0 Å². The summed E-state index contributed by atoms with van der Waals surface area (Å²) < 4.78 is 0. The van der Waals surface area contributed by atoms with E-state index in [0.29, 0.717) is 0 Å². The third-order valence-electron chi connectivity index (χ3n) is 4.69. The molecule has 0 nitrogen and oxygen atoms in total. The molecule has 2 rings (SSSR count). The molecule has 1 aliphatic rings. The molecule has 0 heteroatoms. The van der Waals surface area contributed by atoms with Crippen molar-refractivity contribution in [2.75, 3.05) is 0 Å². The van der Waals surface area contributed by atoms with Gasteiger partial charge in [-0.25, -0.2) is 0 Å². The van der Waals surface area contributed by atoms with Crippen LogP contribution in [-0.2, 0) is 6.42 Å². The summed E-state index contributed by atoms with van der Waals surface area (Å²) in [5.41, 5.74) is 1.50. The van der Waals surface area contributed by atoms with Gasteiger partial charge >= 0.3 is 0 Å². The number of rotatable bonds is 4. The molecule has 1 aliphatic carbocycles. The van der Waals surface area contributed by atoms with Crippen LogP contribution in [0.5, 0.6) is 0 Å². The maximum atomic E-state index is 2.48. The Morgan fingerprint density at radius 1 is 1.00 bits per heavy atom. The van der Waals surface area contributed by atoms with Gasteiger partial charge in [0.05, 0.1) is 0 Å². The van der Waals surface area contributed by atoms with Gasteiger partial charge in [0.1, 0.15) is 0 Å². The van der Waals surface area contributed by atoms with Crippen LogP contribution >= 0.6 is 0 Å². The fourth-order valence-electron chi connectivity index (χ4n) is 3.30. The molecule has 0 spiro atoms. The molecule has 0 saturated heterocycles. The highest BCUT2D eigenvalue weighted by atomic mass is 14.3.